The summed E-state index contributed by atoms with van der Waals surface area (Å²) < 4.78 is 2.34. The third kappa shape index (κ3) is 3.83. The van der Waals surface area contributed by atoms with Crippen molar-refractivity contribution in [3.8, 4) is 17.2 Å². The quantitative estimate of drug-likeness (QED) is 0.171. The van der Waals surface area contributed by atoms with E-state index in [0.29, 0.717) is 5.95 Å². The van der Waals surface area contributed by atoms with E-state index >= 15 is 0 Å². The van der Waals surface area contributed by atoms with E-state index < -0.39 is 0 Å². The van der Waals surface area contributed by atoms with E-state index in [-0.39, 0.29) is 0 Å². The minimum Gasteiger partial charge on any atom is -0.277 e. The molecule has 53 heavy (non-hydrogen) atoms. The summed E-state index contributed by atoms with van der Waals surface area (Å²) in [7, 11) is 0. The molecule has 0 fully saturated rings. The Morgan fingerprint density at radius 2 is 0.736 bits per heavy atom. The molecule has 0 radical (unpaired) electrons. The van der Waals surface area contributed by atoms with Crippen molar-refractivity contribution < 1.29 is 0 Å². The number of aromatic nitrogens is 3. The molecule has 0 unspecified atom stereocenters. The third-order valence-electron chi connectivity index (χ3n) is 11.3. The highest BCUT2D eigenvalue weighted by atomic mass is 15.2. The first-order chi connectivity index (χ1) is 26.3. The second-order valence-electron chi connectivity index (χ2n) is 14.0. The molecule has 0 bridgehead atoms. The van der Waals surface area contributed by atoms with Crippen LogP contribution in [0.3, 0.4) is 0 Å². The Balaban J connectivity index is 1.36. The molecule has 0 saturated carbocycles. The summed E-state index contributed by atoms with van der Waals surface area (Å²) in [6.45, 7) is 0. The molecule has 2 heterocycles. The van der Waals surface area contributed by atoms with Gasteiger partial charge in [0.1, 0.15) is 0 Å². The fourth-order valence-electron chi connectivity index (χ4n) is 9.21. The first kappa shape index (κ1) is 28.6. The molecule has 12 aromatic rings. The van der Waals surface area contributed by atoms with E-state index in [1.807, 2.05) is 0 Å². The van der Waals surface area contributed by atoms with Gasteiger partial charge < -0.3 is 0 Å². The number of fused-ring (bicyclic) bond motifs is 19. The first-order valence-electron chi connectivity index (χ1n) is 18.2. The molecule has 12 rings (SSSR count). The van der Waals surface area contributed by atoms with Crippen molar-refractivity contribution >= 4 is 97.3 Å². The van der Waals surface area contributed by atoms with E-state index in [1.165, 1.54) is 64.6 Å². The van der Waals surface area contributed by atoms with Crippen LogP contribution in [-0.4, -0.2) is 14.5 Å². The topological polar surface area (TPSA) is 30.7 Å². The largest absolute Gasteiger partial charge is 0.277 e. The SMILES string of the molecule is c1ccc(-c2nc(-n3c4ccccc4c4c5c6ccccc6c6ccccc6c5c5ccccc5c43)nc3c4ccccc4c4ccccc4c23)cc1. The molecule has 0 saturated heterocycles. The molecule has 0 atom stereocenters. The highest BCUT2D eigenvalue weighted by Gasteiger charge is 2.25. The van der Waals surface area contributed by atoms with Crippen LogP contribution in [0.1, 0.15) is 0 Å². The molecule has 0 spiro atoms. The van der Waals surface area contributed by atoms with Gasteiger partial charge in [0.2, 0.25) is 5.95 Å². The first-order valence-corrected chi connectivity index (χ1v) is 18.2. The summed E-state index contributed by atoms with van der Waals surface area (Å²) in [6.07, 6.45) is 0. The van der Waals surface area contributed by atoms with Crippen molar-refractivity contribution in [3.63, 3.8) is 0 Å². The van der Waals surface area contributed by atoms with Crippen molar-refractivity contribution in [1.82, 2.24) is 14.5 Å². The van der Waals surface area contributed by atoms with Crippen LogP contribution in [0, 0.1) is 0 Å². The fourth-order valence-corrected chi connectivity index (χ4v) is 9.21. The van der Waals surface area contributed by atoms with E-state index in [0.717, 1.165) is 44.0 Å². The van der Waals surface area contributed by atoms with Crippen molar-refractivity contribution in [1.29, 1.82) is 0 Å². The van der Waals surface area contributed by atoms with Crippen molar-refractivity contribution in [3.05, 3.63) is 176 Å². The van der Waals surface area contributed by atoms with Crippen LogP contribution < -0.4 is 0 Å². The summed E-state index contributed by atoms with van der Waals surface area (Å²) in [5, 5.41) is 18.2. The molecule has 0 aliphatic rings. The van der Waals surface area contributed by atoms with Gasteiger partial charge >= 0.3 is 0 Å². The van der Waals surface area contributed by atoms with E-state index in [4.69, 9.17) is 9.97 Å². The van der Waals surface area contributed by atoms with E-state index in [1.54, 1.807) is 0 Å². The summed E-state index contributed by atoms with van der Waals surface area (Å²) in [4.78, 5) is 11.3. The average molecular weight is 672 g/mol. The van der Waals surface area contributed by atoms with Crippen LogP contribution in [0.25, 0.3) is 115 Å². The predicted octanol–water partition coefficient (Wildman–Crippen LogP) is 13.3. The molecule has 244 valence electrons. The lowest BCUT2D eigenvalue weighted by Gasteiger charge is -2.17. The Morgan fingerprint density at radius 1 is 0.302 bits per heavy atom. The van der Waals surface area contributed by atoms with Crippen LogP contribution in [-0.2, 0) is 0 Å². The predicted molar refractivity (Wildman–Crippen MR) is 224 cm³/mol. The number of benzene rings is 10. The fraction of sp³-hybridized carbons (Fsp3) is 0. The molecular formula is C50H29N3. The summed E-state index contributed by atoms with van der Waals surface area (Å²) >= 11 is 0. The normalized spacial score (nSPS) is 12.2. The van der Waals surface area contributed by atoms with Gasteiger partial charge in [0.05, 0.1) is 22.2 Å². The molecule has 3 heteroatoms. The molecular weight excluding hydrogens is 643 g/mol. The molecule has 0 aliphatic carbocycles. The van der Waals surface area contributed by atoms with E-state index in [9.17, 15) is 0 Å². The highest BCUT2D eigenvalue weighted by molar-refractivity contribution is 6.42. The van der Waals surface area contributed by atoms with Gasteiger partial charge in [0, 0.05) is 37.9 Å². The van der Waals surface area contributed by atoms with Crippen molar-refractivity contribution in [2.45, 2.75) is 0 Å². The van der Waals surface area contributed by atoms with Crippen LogP contribution in [0.15, 0.2) is 176 Å². The second-order valence-corrected chi connectivity index (χ2v) is 14.0. The summed E-state index contributed by atoms with van der Waals surface area (Å²) in [6, 6.07) is 63.4. The monoisotopic (exact) mass is 671 g/mol. The molecule has 10 aromatic carbocycles. The lowest BCUT2D eigenvalue weighted by molar-refractivity contribution is 1.02. The van der Waals surface area contributed by atoms with Crippen molar-refractivity contribution in [2.24, 2.45) is 0 Å². The van der Waals surface area contributed by atoms with Gasteiger partial charge in [-0.2, -0.15) is 0 Å². The van der Waals surface area contributed by atoms with Gasteiger partial charge in [0.25, 0.3) is 0 Å². The van der Waals surface area contributed by atoms with Gasteiger partial charge in [0.15, 0.2) is 0 Å². The van der Waals surface area contributed by atoms with E-state index in [2.05, 4.69) is 180 Å². The number of hydrogen-bond acceptors (Lipinski definition) is 2. The molecule has 0 amide bonds. The highest BCUT2D eigenvalue weighted by Crippen LogP contribution is 2.48. The zero-order valence-electron chi connectivity index (χ0n) is 28.6. The number of para-hydroxylation sites is 1. The second kappa shape index (κ2) is 10.7. The van der Waals surface area contributed by atoms with Gasteiger partial charge in [-0.05, 0) is 54.5 Å². The Morgan fingerprint density at radius 3 is 1.36 bits per heavy atom. The smallest absolute Gasteiger partial charge is 0.235 e. The Kier molecular flexibility index (Phi) is 5.77. The van der Waals surface area contributed by atoms with Crippen molar-refractivity contribution in [2.75, 3.05) is 0 Å². The van der Waals surface area contributed by atoms with Crippen LogP contribution in [0.2, 0.25) is 0 Å². The van der Waals surface area contributed by atoms with Crippen LogP contribution in [0.5, 0.6) is 0 Å². The minimum absolute atomic E-state index is 0.664. The maximum absolute atomic E-state index is 5.63. The standard InChI is InChI=1S/C50H29N3/c1-2-16-30(17-3-1)47-46-37-24-10-6-20-33(37)34-21-7-12-26-39(34)48(46)52-50(51-47)53-42-29-15-14-28-41(42)45-44-36-23-9-5-19-32(36)31-18-4-8-22-35(31)43(44)38-25-11-13-27-40(38)49(45)53/h1-29H. The summed E-state index contributed by atoms with van der Waals surface area (Å²) in [5.74, 6) is 0.664. The lowest BCUT2D eigenvalue weighted by Crippen LogP contribution is -2.04. The number of rotatable bonds is 2. The lowest BCUT2D eigenvalue weighted by atomic mass is 9.88. The zero-order chi connectivity index (χ0) is 34.6. The number of nitrogens with zero attached hydrogens (tertiary/aromatic N) is 3. The number of hydrogen-bond donors (Lipinski definition) is 0. The molecule has 0 N–H and O–H groups in total. The summed E-state index contributed by atoms with van der Waals surface area (Å²) in [5.41, 5.74) is 5.16. The molecule has 2 aromatic heterocycles. The zero-order valence-corrected chi connectivity index (χ0v) is 28.6. The maximum atomic E-state index is 5.63. The van der Waals surface area contributed by atoms with Gasteiger partial charge in [-0.1, -0.05) is 170 Å². The molecule has 0 aliphatic heterocycles. The average Bonchev–Trinajstić information content (AvgIpc) is 3.59. The van der Waals surface area contributed by atoms with Gasteiger partial charge in [-0.3, -0.25) is 4.57 Å². The molecule has 3 nitrogen and oxygen atoms in total. The Hall–Kier alpha value is -7.10. The van der Waals surface area contributed by atoms with Crippen LogP contribution in [0.4, 0.5) is 0 Å². The van der Waals surface area contributed by atoms with Gasteiger partial charge in [-0.15, -0.1) is 0 Å². The third-order valence-corrected chi connectivity index (χ3v) is 11.3. The van der Waals surface area contributed by atoms with Gasteiger partial charge in [-0.25, -0.2) is 9.97 Å². The Labute approximate surface area is 304 Å². The minimum atomic E-state index is 0.664. The Bertz CT molecular complexity index is 3510. The van der Waals surface area contributed by atoms with Crippen LogP contribution >= 0.6 is 0 Å². The maximum Gasteiger partial charge on any atom is 0.235 e.